The molecule has 0 bridgehead atoms. The van der Waals surface area contributed by atoms with E-state index in [0.717, 1.165) is 29.7 Å². The first-order valence-corrected chi connectivity index (χ1v) is 7.40. The Morgan fingerprint density at radius 1 is 0.842 bits per heavy atom. The van der Waals surface area contributed by atoms with Crippen LogP contribution in [0.5, 0.6) is 0 Å². The average molecular weight is 276 g/mol. The summed E-state index contributed by atoms with van der Waals surface area (Å²) in [6, 6.07) is 8.13. The lowest BCUT2D eigenvalue weighted by atomic mass is 10.1. The van der Waals surface area contributed by atoms with Gasteiger partial charge in [-0.15, -0.1) is 10.2 Å². The van der Waals surface area contributed by atoms with Crippen LogP contribution in [-0.4, -0.2) is 23.3 Å². The lowest BCUT2D eigenvalue weighted by Gasteiger charge is -2.26. The van der Waals surface area contributed by atoms with Crippen molar-refractivity contribution in [2.75, 3.05) is 18.0 Å². The minimum Gasteiger partial charge on any atom is -0.355 e. The van der Waals surface area contributed by atoms with E-state index in [9.17, 15) is 0 Å². The number of aromatic nitrogens is 2. The number of nitrogens with zero attached hydrogens (tertiary/aromatic N) is 3. The number of benzene rings is 1. The number of rotatable bonds is 1. The second kappa shape index (κ2) is 5.74. The van der Waals surface area contributed by atoms with Gasteiger partial charge in [0.05, 0.1) is 0 Å². The molecule has 2 aromatic rings. The van der Waals surface area contributed by atoms with Crippen molar-refractivity contribution in [2.24, 2.45) is 0 Å². The zero-order valence-corrected chi connectivity index (χ0v) is 11.7. The zero-order chi connectivity index (χ0) is 13.1. The maximum absolute atomic E-state index is 6.13. The molecule has 0 N–H and O–H groups in total. The molecule has 19 heavy (non-hydrogen) atoms. The molecule has 1 aliphatic rings. The van der Waals surface area contributed by atoms with Crippen LogP contribution >= 0.6 is 11.6 Å². The predicted molar refractivity (Wildman–Crippen MR) is 79.8 cm³/mol. The highest BCUT2D eigenvalue weighted by atomic mass is 35.5. The molecule has 0 amide bonds. The van der Waals surface area contributed by atoms with Crippen molar-refractivity contribution in [3.63, 3.8) is 0 Å². The molecule has 0 saturated carbocycles. The van der Waals surface area contributed by atoms with Gasteiger partial charge in [-0.2, -0.15) is 0 Å². The molecule has 0 spiro atoms. The van der Waals surface area contributed by atoms with Crippen LogP contribution in [0.4, 0.5) is 5.82 Å². The summed E-state index contributed by atoms with van der Waals surface area (Å²) in [5.41, 5.74) is 0. The maximum atomic E-state index is 6.13. The van der Waals surface area contributed by atoms with Crippen LogP contribution in [0, 0.1) is 0 Å². The molecule has 0 aliphatic carbocycles. The number of halogens is 1. The first-order valence-electron chi connectivity index (χ1n) is 7.02. The van der Waals surface area contributed by atoms with Gasteiger partial charge in [0.1, 0.15) is 0 Å². The van der Waals surface area contributed by atoms with Gasteiger partial charge < -0.3 is 4.90 Å². The summed E-state index contributed by atoms with van der Waals surface area (Å²) < 4.78 is 0. The van der Waals surface area contributed by atoms with Gasteiger partial charge in [-0.1, -0.05) is 55.1 Å². The summed E-state index contributed by atoms with van der Waals surface area (Å²) in [6.07, 6.45) is 6.46. The van der Waals surface area contributed by atoms with Crippen LogP contribution in [-0.2, 0) is 0 Å². The van der Waals surface area contributed by atoms with Gasteiger partial charge in [0.15, 0.2) is 11.0 Å². The fourth-order valence-corrected chi connectivity index (χ4v) is 2.95. The second-order valence-electron chi connectivity index (χ2n) is 5.11. The quantitative estimate of drug-likeness (QED) is 0.786. The summed E-state index contributed by atoms with van der Waals surface area (Å²) in [4.78, 5) is 2.37. The Balaban J connectivity index is 2.01. The van der Waals surface area contributed by atoms with Crippen LogP contribution in [0.1, 0.15) is 32.1 Å². The molecule has 0 atom stereocenters. The van der Waals surface area contributed by atoms with Crippen molar-refractivity contribution in [1.82, 2.24) is 10.2 Å². The lowest BCUT2D eigenvalue weighted by Crippen LogP contribution is -2.28. The Morgan fingerprint density at radius 3 is 2.21 bits per heavy atom. The highest BCUT2D eigenvalue weighted by Gasteiger charge is 2.15. The first-order chi connectivity index (χ1) is 9.36. The van der Waals surface area contributed by atoms with Crippen molar-refractivity contribution in [2.45, 2.75) is 32.1 Å². The Hall–Kier alpha value is -1.35. The topological polar surface area (TPSA) is 29.0 Å². The van der Waals surface area contributed by atoms with E-state index < -0.39 is 0 Å². The van der Waals surface area contributed by atoms with Crippen LogP contribution in [0.15, 0.2) is 24.3 Å². The van der Waals surface area contributed by atoms with E-state index in [-0.39, 0.29) is 0 Å². The SMILES string of the molecule is Clc1nnc(N2CCCCCCC2)c2ccccc12. The summed E-state index contributed by atoms with van der Waals surface area (Å²) in [7, 11) is 0. The van der Waals surface area contributed by atoms with E-state index in [1.165, 1.54) is 32.1 Å². The molecule has 0 unspecified atom stereocenters. The minimum atomic E-state index is 0.492. The Morgan fingerprint density at radius 2 is 1.47 bits per heavy atom. The molecular formula is C15H18ClN3. The van der Waals surface area contributed by atoms with Gasteiger partial charge in [0, 0.05) is 23.9 Å². The summed E-state index contributed by atoms with van der Waals surface area (Å²) >= 11 is 6.13. The maximum Gasteiger partial charge on any atom is 0.159 e. The third-order valence-corrected chi connectivity index (χ3v) is 4.06. The number of fused-ring (bicyclic) bond motifs is 1. The molecule has 3 nitrogen and oxygen atoms in total. The smallest absolute Gasteiger partial charge is 0.159 e. The Kier molecular flexibility index (Phi) is 3.83. The third-order valence-electron chi connectivity index (χ3n) is 3.78. The van der Waals surface area contributed by atoms with Crippen LogP contribution in [0.25, 0.3) is 10.8 Å². The second-order valence-corrected chi connectivity index (χ2v) is 5.47. The van der Waals surface area contributed by atoms with Crippen molar-refractivity contribution in [1.29, 1.82) is 0 Å². The molecule has 1 aliphatic heterocycles. The molecule has 0 radical (unpaired) electrons. The van der Waals surface area contributed by atoms with E-state index in [4.69, 9.17) is 11.6 Å². The highest BCUT2D eigenvalue weighted by molar-refractivity contribution is 6.34. The molecule has 2 heterocycles. The molecule has 1 fully saturated rings. The normalized spacial score (nSPS) is 17.2. The van der Waals surface area contributed by atoms with Gasteiger partial charge in [-0.3, -0.25) is 0 Å². The average Bonchev–Trinajstić information content (AvgIpc) is 2.40. The minimum absolute atomic E-state index is 0.492. The van der Waals surface area contributed by atoms with Crippen molar-refractivity contribution in [3.8, 4) is 0 Å². The fraction of sp³-hybridized carbons (Fsp3) is 0.467. The van der Waals surface area contributed by atoms with E-state index in [1.807, 2.05) is 18.2 Å². The summed E-state index contributed by atoms with van der Waals surface area (Å²) in [5, 5.41) is 11.1. The number of hydrogen-bond donors (Lipinski definition) is 0. The number of hydrogen-bond acceptors (Lipinski definition) is 3. The monoisotopic (exact) mass is 275 g/mol. The Bertz CT molecular complexity index is 562. The fourth-order valence-electron chi connectivity index (χ4n) is 2.75. The van der Waals surface area contributed by atoms with E-state index in [1.54, 1.807) is 0 Å². The molecular weight excluding hydrogens is 258 g/mol. The van der Waals surface area contributed by atoms with Gasteiger partial charge in [-0.25, -0.2) is 0 Å². The Labute approximate surface area is 118 Å². The summed E-state index contributed by atoms with van der Waals surface area (Å²) in [6.45, 7) is 2.14. The van der Waals surface area contributed by atoms with Crippen LogP contribution in [0.2, 0.25) is 5.15 Å². The largest absolute Gasteiger partial charge is 0.355 e. The lowest BCUT2D eigenvalue weighted by molar-refractivity contribution is 0.553. The van der Waals surface area contributed by atoms with E-state index >= 15 is 0 Å². The molecule has 1 aromatic heterocycles. The molecule has 1 saturated heterocycles. The summed E-state index contributed by atoms with van der Waals surface area (Å²) in [5.74, 6) is 0.988. The number of anilines is 1. The van der Waals surface area contributed by atoms with Crippen molar-refractivity contribution in [3.05, 3.63) is 29.4 Å². The molecule has 100 valence electrons. The third kappa shape index (κ3) is 2.66. The van der Waals surface area contributed by atoms with Gasteiger partial charge in [0.25, 0.3) is 0 Å². The highest BCUT2D eigenvalue weighted by Crippen LogP contribution is 2.29. The van der Waals surface area contributed by atoms with Crippen LogP contribution in [0.3, 0.4) is 0 Å². The predicted octanol–water partition coefficient (Wildman–Crippen LogP) is 4.05. The van der Waals surface area contributed by atoms with Crippen molar-refractivity contribution < 1.29 is 0 Å². The van der Waals surface area contributed by atoms with Gasteiger partial charge in [-0.05, 0) is 12.8 Å². The van der Waals surface area contributed by atoms with Gasteiger partial charge >= 0.3 is 0 Å². The first kappa shape index (κ1) is 12.7. The van der Waals surface area contributed by atoms with Crippen LogP contribution < -0.4 is 4.90 Å². The van der Waals surface area contributed by atoms with Gasteiger partial charge in [0.2, 0.25) is 0 Å². The zero-order valence-electron chi connectivity index (χ0n) is 11.0. The molecule has 1 aromatic carbocycles. The molecule has 4 heteroatoms. The molecule has 3 rings (SSSR count). The van der Waals surface area contributed by atoms with E-state index in [2.05, 4.69) is 21.2 Å². The van der Waals surface area contributed by atoms with E-state index in [0.29, 0.717) is 5.15 Å². The van der Waals surface area contributed by atoms with Crippen molar-refractivity contribution >= 4 is 28.2 Å². The standard InChI is InChI=1S/C15H18ClN3/c16-14-12-8-4-5-9-13(12)15(18-17-14)19-10-6-2-1-3-7-11-19/h4-5,8-9H,1-3,6-7,10-11H2.